The standard InChI is InChI=1S/C13H25NO2/c1-4-7-11(3)14-9-6-8-12(10-14)13(15)16-5-2/h11-12H,4-10H2,1-3H3. The van der Waals surface area contributed by atoms with Gasteiger partial charge in [-0.25, -0.2) is 0 Å². The lowest BCUT2D eigenvalue weighted by Gasteiger charge is -2.35. The average Bonchev–Trinajstić information content (AvgIpc) is 2.30. The largest absolute Gasteiger partial charge is 0.466 e. The normalized spacial score (nSPS) is 24.1. The SMILES string of the molecule is CCCC(C)N1CCCC(C(=O)OCC)C1. The first-order valence-electron chi connectivity index (χ1n) is 6.59. The number of hydrogen-bond acceptors (Lipinski definition) is 3. The lowest BCUT2D eigenvalue weighted by atomic mass is 9.96. The molecule has 16 heavy (non-hydrogen) atoms. The fourth-order valence-electron chi connectivity index (χ4n) is 2.46. The molecular formula is C13H25NO2. The molecule has 0 radical (unpaired) electrons. The highest BCUT2D eigenvalue weighted by Gasteiger charge is 2.28. The molecule has 1 heterocycles. The van der Waals surface area contributed by atoms with Crippen molar-refractivity contribution < 1.29 is 9.53 Å². The number of esters is 1. The van der Waals surface area contributed by atoms with Crippen LogP contribution in [0.25, 0.3) is 0 Å². The van der Waals surface area contributed by atoms with Gasteiger partial charge in [0.25, 0.3) is 0 Å². The Hall–Kier alpha value is -0.570. The number of nitrogens with zero attached hydrogens (tertiary/aromatic N) is 1. The summed E-state index contributed by atoms with van der Waals surface area (Å²) in [6.45, 7) is 8.87. The summed E-state index contributed by atoms with van der Waals surface area (Å²) >= 11 is 0. The average molecular weight is 227 g/mol. The maximum Gasteiger partial charge on any atom is 0.310 e. The quantitative estimate of drug-likeness (QED) is 0.676. The van der Waals surface area contributed by atoms with E-state index in [1.807, 2.05) is 6.92 Å². The maximum absolute atomic E-state index is 11.7. The van der Waals surface area contributed by atoms with E-state index in [2.05, 4.69) is 18.7 Å². The highest BCUT2D eigenvalue weighted by molar-refractivity contribution is 5.72. The van der Waals surface area contributed by atoms with E-state index in [1.165, 1.54) is 12.8 Å². The van der Waals surface area contributed by atoms with Crippen LogP contribution in [-0.4, -0.2) is 36.6 Å². The number of likely N-dealkylation sites (tertiary alicyclic amines) is 1. The first-order valence-corrected chi connectivity index (χ1v) is 6.59. The van der Waals surface area contributed by atoms with Crippen LogP contribution >= 0.6 is 0 Å². The van der Waals surface area contributed by atoms with Crippen molar-refractivity contribution in [1.29, 1.82) is 0 Å². The van der Waals surface area contributed by atoms with Crippen molar-refractivity contribution in [3.8, 4) is 0 Å². The Kier molecular flexibility index (Phi) is 5.81. The molecule has 0 saturated carbocycles. The monoisotopic (exact) mass is 227 g/mol. The van der Waals surface area contributed by atoms with E-state index in [0.717, 1.165) is 25.9 Å². The Morgan fingerprint density at radius 3 is 2.88 bits per heavy atom. The van der Waals surface area contributed by atoms with Crippen molar-refractivity contribution in [3.63, 3.8) is 0 Å². The van der Waals surface area contributed by atoms with Gasteiger partial charge in [0, 0.05) is 12.6 Å². The third kappa shape index (κ3) is 3.78. The van der Waals surface area contributed by atoms with Gasteiger partial charge in [-0.05, 0) is 39.7 Å². The summed E-state index contributed by atoms with van der Waals surface area (Å²) in [6, 6.07) is 0.599. The van der Waals surface area contributed by atoms with E-state index in [-0.39, 0.29) is 11.9 Å². The van der Waals surface area contributed by atoms with Crippen LogP contribution in [0.3, 0.4) is 0 Å². The highest BCUT2D eigenvalue weighted by Crippen LogP contribution is 2.21. The molecule has 3 heteroatoms. The second kappa shape index (κ2) is 6.89. The van der Waals surface area contributed by atoms with Gasteiger partial charge >= 0.3 is 5.97 Å². The minimum atomic E-state index is -0.00380. The fourth-order valence-corrected chi connectivity index (χ4v) is 2.46. The van der Waals surface area contributed by atoms with E-state index in [4.69, 9.17) is 4.74 Å². The zero-order valence-electron chi connectivity index (χ0n) is 10.9. The van der Waals surface area contributed by atoms with Crippen LogP contribution in [0.2, 0.25) is 0 Å². The second-order valence-electron chi connectivity index (χ2n) is 4.72. The number of ether oxygens (including phenoxy) is 1. The molecule has 0 spiro atoms. The molecule has 1 rings (SSSR count). The van der Waals surface area contributed by atoms with Crippen LogP contribution in [0.15, 0.2) is 0 Å². The predicted octanol–water partition coefficient (Wildman–Crippen LogP) is 2.45. The number of hydrogen-bond donors (Lipinski definition) is 0. The molecule has 0 amide bonds. The van der Waals surface area contributed by atoms with Gasteiger partial charge in [-0.15, -0.1) is 0 Å². The van der Waals surface area contributed by atoms with Crippen molar-refractivity contribution in [1.82, 2.24) is 4.90 Å². The van der Waals surface area contributed by atoms with Crippen LogP contribution in [0.5, 0.6) is 0 Å². The number of piperidine rings is 1. The molecule has 94 valence electrons. The first kappa shape index (κ1) is 13.5. The second-order valence-corrected chi connectivity index (χ2v) is 4.72. The van der Waals surface area contributed by atoms with Crippen LogP contribution in [0, 0.1) is 5.92 Å². The van der Waals surface area contributed by atoms with E-state index in [1.54, 1.807) is 0 Å². The highest BCUT2D eigenvalue weighted by atomic mass is 16.5. The van der Waals surface area contributed by atoms with Gasteiger partial charge in [0.2, 0.25) is 0 Å². The molecule has 0 aromatic carbocycles. The predicted molar refractivity (Wildman–Crippen MR) is 65.3 cm³/mol. The Morgan fingerprint density at radius 2 is 2.25 bits per heavy atom. The van der Waals surface area contributed by atoms with Gasteiger partial charge < -0.3 is 4.74 Å². The molecule has 2 atom stereocenters. The van der Waals surface area contributed by atoms with Gasteiger partial charge in [-0.1, -0.05) is 13.3 Å². The van der Waals surface area contributed by atoms with Crippen molar-refractivity contribution >= 4 is 5.97 Å². The third-order valence-electron chi connectivity index (χ3n) is 3.40. The zero-order chi connectivity index (χ0) is 12.0. The van der Waals surface area contributed by atoms with E-state index in [0.29, 0.717) is 12.6 Å². The fraction of sp³-hybridized carbons (Fsp3) is 0.923. The van der Waals surface area contributed by atoms with E-state index >= 15 is 0 Å². The summed E-state index contributed by atoms with van der Waals surface area (Å²) in [4.78, 5) is 14.1. The zero-order valence-corrected chi connectivity index (χ0v) is 10.9. The minimum Gasteiger partial charge on any atom is -0.466 e. The van der Waals surface area contributed by atoms with Crippen molar-refractivity contribution in [2.45, 2.75) is 52.5 Å². The van der Waals surface area contributed by atoms with Crippen LogP contribution in [0.4, 0.5) is 0 Å². The molecule has 0 aromatic heterocycles. The molecule has 1 fully saturated rings. The summed E-state index contributed by atoms with van der Waals surface area (Å²) in [7, 11) is 0. The molecule has 1 aliphatic rings. The number of carbonyl (C=O) groups is 1. The lowest BCUT2D eigenvalue weighted by molar-refractivity contribution is -0.150. The van der Waals surface area contributed by atoms with Gasteiger partial charge in [0.15, 0.2) is 0 Å². The van der Waals surface area contributed by atoms with Crippen LogP contribution in [-0.2, 0) is 9.53 Å². The van der Waals surface area contributed by atoms with Gasteiger partial charge in [-0.2, -0.15) is 0 Å². The van der Waals surface area contributed by atoms with Crippen molar-refractivity contribution in [3.05, 3.63) is 0 Å². The topological polar surface area (TPSA) is 29.5 Å². The van der Waals surface area contributed by atoms with E-state index in [9.17, 15) is 4.79 Å². The Morgan fingerprint density at radius 1 is 1.50 bits per heavy atom. The Bertz CT molecular complexity index is 218. The number of carbonyl (C=O) groups excluding carboxylic acids is 1. The summed E-state index contributed by atoms with van der Waals surface area (Å²) in [5, 5.41) is 0. The van der Waals surface area contributed by atoms with Gasteiger partial charge in [0.1, 0.15) is 0 Å². The summed E-state index contributed by atoms with van der Waals surface area (Å²) in [5.41, 5.74) is 0. The Balaban J connectivity index is 2.43. The molecule has 0 aliphatic carbocycles. The number of rotatable bonds is 5. The van der Waals surface area contributed by atoms with Crippen molar-refractivity contribution in [2.75, 3.05) is 19.7 Å². The molecular weight excluding hydrogens is 202 g/mol. The van der Waals surface area contributed by atoms with Gasteiger partial charge in [-0.3, -0.25) is 9.69 Å². The molecule has 2 unspecified atom stereocenters. The molecule has 3 nitrogen and oxygen atoms in total. The summed E-state index contributed by atoms with van der Waals surface area (Å²) in [5.74, 6) is 0.101. The van der Waals surface area contributed by atoms with E-state index < -0.39 is 0 Å². The smallest absolute Gasteiger partial charge is 0.310 e. The lowest BCUT2D eigenvalue weighted by Crippen LogP contribution is -2.43. The molecule has 1 aliphatic heterocycles. The van der Waals surface area contributed by atoms with Crippen LogP contribution in [0.1, 0.15) is 46.5 Å². The third-order valence-corrected chi connectivity index (χ3v) is 3.40. The van der Waals surface area contributed by atoms with Crippen molar-refractivity contribution in [2.24, 2.45) is 5.92 Å². The minimum absolute atomic E-state index is 0.00380. The summed E-state index contributed by atoms with van der Waals surface area (Å²) in [6.07, 6.45) is 4.54. The Labute approximate surface area is 99.1 Å². The molecule has 1 saturated heterocycles. The van der Waals surface area contributed by atoms with Gasteiger partial charge in [0.05, 0.1) is 12.5 Å². The maximum atomic E-state index is 11.7. The molecule has 0 N–H and O–H groups in total. The van der Waals surface area contributed by atoms with Crippen LogP contribution < -0.4 is 0 Å². The molecule has 0 bridgehead atoms. The molecule has 0 aromatic rings. The first-order chi connectivity index (χ1) is 7.69. The summed E-state index contributed by atoms with van der Waals surface area (Å²) < 4.78 is 5.10.